The van der Waals surface area contributed by atoms with Crippen molar-refractivity contribution in [2.24, 2.45) is 5.73 Å². The van der Waals surface area contributed by atoms with Crippen molar-refractivity contribution in [2.45, 2.75) is 6.10 Å². The molecule has 2 aromatic rings. The number of benzene rings is 2. The van der Waals surface area contributed by atoms with Crippen molar-refractivity contribution in [3.05, 3.63) is 71.5 Å². The molecule has 0 aliphatic rings. The van der Waals surface area contributed by atoms with E-state index in [-0.39, 0.29) is 12.1 Å². The zero-order chi connectivity index (χ0) is 15.0. The second-order valence-electron chi connectivity index (χ2n) is 3.95. The van der Waals surface area contributed by atoms with Gasteiger partial charge in [-0.05, 0) is 35.4 Å². The summed E-state index contributed by atoms with van der Waals surface area (Å²) < 4.78 is 12.3. The van der Waals surface area contributed by atoms with Gasteiger partial charge in [0.25, 0.3) is 5.24 Å². The average Bonchev–Trinajstić information content (AvgIpc) is 2.48. The molecule has 0 radical (unpaired) electrons. The van der Waals surface area contributed by atoms with Gasteiger partial charge < -0.3 is 10.8 Å². The molecule has 1 atom stereocenters. The molecule has 0 saturated carbocycles. The van der Waals surface area contributed by atoms with Crippen LogP contribution in [0.4, 0.5) is 4.39 Å². The van der Waals surface area contributed by atoms with E-state index in [1.54, 1.807) is 0 Å². The Morgan fingerprint density at radius 3 is 2.30 bits per heavy atom. The van der Waals surface area contributed by atoms with Crippen LogP contribution in [0.1, 0.15) is 22.0 Å². The van der Waals surface area contributed by atoms with E-state index in [0.717, 1.165) is 11.6 Å². The summed E-state index contributed by atoms with van der Waals surface area (Å²) in [7, 11) is 0. The lowest BCUT2D eigenvalue weighted by Gasteiger charge is -2.05. The number of carbonyl (C=O) groups excluding carboxylic acids is 1. The van der Waals surface area contributed by atoms with Crippen molar-refractivity contribution >= 4 is 16.8 Å². The van der Waals surface area contributed by atoms with E-state index in [2.05, 4.69) is 0 Å². The van der Waals surface area contributed by atoms with Gasteiger partial charge in [-0.2, -0.15) is 0 Å². The van der Waals surface area contributed by atoms with E-state index in [0.29, 0.717) is 0 Å². The van der Waals surface area contributed by atoms with E-state index in [4.69, 9.17) is 17.3 Å². The molecule has 0 amide bonds. The van der Waals surface area contributed by atoms with Crippen LogP contribution in [-0.4, -0.2) is 16.9 Å². The Bertz CT molecular complexity index is 549. The predicted molar refractivity (Wildman–Crippen MR) is 77.0 cm³/mol. The Balaban J connectivity index is 0.000000200. The quantitative estimate of drug-likeness (QED) is 0.856. The van der Waals surface area contributed by atoms with E-state index in [9.17, 15) is 14.3 Å². The Kier molecular flexibility index (Phi) is 6.87. The minimum Gasteiger partial charge on any atom is -0.387 e. The molecule has 0 saturated heterocycles. The Labute approximate surface area is 121 Å². The number of carbonyl (C=O) groups is 1. The molecule has 5 heteroatoms. The number of halogens is 2. The van der Waals surface area contributed by atoms with Gasteiger partial charge in [-0.15, -0.1) is 0 Å². The standard InChI is InChI=1S/C8H11NO.C7H4ClFO/c9-6-8(10)7-4-2-1-3-5-7;8-7(10)5-2-1-3-6(9)4-5/h1-5,8,10H,6,9H2;1-4H. The zero-order valence-electron chi connectivity index (χ0n) is 10.7. The number of rotatable bonds is 3. The molecule has 2 aromatic carbocycles. The van der Waals surface area contributed by atoms with Gasteiger partial charge in [-0.3, -0.25) is 4.79 Å². The maximum Gasteiger partial charge on any atom is 0.252 e. The lowest BCUT2D eigenvalue weighted by Crippen LogP contribution is -2.10. The molecule has 0 aliphatic carbocycles. The first kappa shape index (κ1) is 16.3. The van der Waals surface area contributed by atoms with Crippen molar-refractivity contribution in [1.29, 1.82) is 0 Å². The summed E-state index contributed by atoms with van der Waals surface area (Å²) in [6.07, 6.45) is -0.513. The molecule has 0 aromatic heterocycles. The highest BCUT2D eigenvalue weighted by Gasteiger charge is 2.01. The lowest BCUT2D eigenvalue weighted by molar-refractivity contribution is 0.108. The van der Waals surface area contributed by atoms with Crippen LogP contribution in [0.2, 0.25) is 0 Å². The smallest absolute Gasteiger partial charge is 0.252 e. The molecule has 2 rings (SSSR count). The average molecular weight is 296 g/mol. The number of hydrogen-bond acceptors (Lipinski definition) is 3. The van der Waals surface area contributed by atoms with E-state index < -0.39 is 17.2 Å². The molecule has 3 N–H and O–H groups in total. The molecule has 0 fully saturated rings. The summed E-state index contributed by atoms with van der Waals surface area (Å²) in [6, 6.07) is 14.6. The maximum atomic E-state index is 12.3. The van der Waals surface area contributed by atoms with Gasteiger partial charge in [0, 0.05) is 12.1 Å². The first-order chi connectivity index (χ1) is 9.54. The van der Waals surface area contributed by atoms with Crippen LogP contribution in [0.3, 0.4) is 0 Å². The van der Waals surface area contributed by atoms with Crippen molar-refractivity contribution in [1.82, 2.24) is 0 Å². The minimum atomic E-state index is -0.639. The Morgan fingerprint density at radius 2 is 1.85 bits per heavy atom. The number of aliphatic hydroxyl groups excluding tert-OH is 1. The number of aliphatic hydroxyl groups is 1. The van der Waals surface area contributed by atoms with Crippen LogP contribution in [0.25, 0.3) is 0 Å². The van der Waals surface area contributed by atoms with Crippen LogP contribution in [-0.2, 0) is 0 Å². The topological polar surface area (TPSA) is 63.3 Å². The highest BCUT2D eigenvalue weighted by Crippen LogP contribution is 2.09. The molecule has 3 nitrogen and oxygen atoms in total. The fraction of sp³-hybridized carbons (Fsp3) is 0.133. The second-order valence-corrected chi connectivity index (χ2v) is 4.29. The van der Waals surface area contributed by atoms with Crippen LogP contribution in [0, 0.1) is 5.82 Å². The third kappa shape index (κ3) is 5.48. The molecule has 106 valence electrons. The molecular weight excluding hydrogens is 281 g/mol. The van der Waals surface area contributed by atoms with Gasteiger partial charge in [0.2, 0.25) is 0 Å². The van der Waals surface area contributed by atoms with Crippen LogP contribution in [0.15, 0.2) is 54.6 Å². The molecule has 20 heavy (non-hydrogen) atoms. The van der Waals surface area contributed by atoms with Crippen molar-refractivity contribution in [2.75, 3.05) is 6.54 Å². The second kappa shape index (κ2) is 8.43. The molecule has 0 aliphatic heterocycles. The van der Waals surface area contributed by atoms with Crippen molar-refractivity contribution < 1.29 is 14.3 Å². The third-order valence-corrected chi connectivity index (χ3v) is 2.68. The third-order valence-electron chi connectivity index (χ3n) is 2.46. The van der Waals surface area contributed by atoms with Gasteiger partial charge in [0.05, 0.1) is 6.10 Å². The monoisotopic (exact) mass is 295 g/mol. The highest BCUT2D eigenvalue weighted by atomic mass is 35.5. The van der Waals surface area contributed by atoms with Crippen molar-refractivity contribution in [3.8, 4) is 0 Å². The number of hydrogen-bond donors (Lipinski definition) is 2. The fourth-order valence-electron chi connectivity index (χ4n) is 1.42. The fourth-order valence-corrected chi connectivity index (χ4v) is 1.54. The summed E-state index contributed by atoms with van der Waals surface area (Å²) in [5, 5.41) is 8.56. The van der Waals surface area contributed by atoms with E-state index in [1.807, 2.05) is 30.3 Å². The van der Waals surface area contributed by atoms with Gasteiger partial charge in [-0.25, -0.2) is 4.39 Å². The van der Waals surface area contributed by atoms with Crippen molar-refractivity contribution in [3.63, 3.8) is 0 Å². The molecule has 0 heterocycles. The molecule has 0 bridgehead atoms. The lowest BCUT2D eigenvalue weighted by atomic mass is 10.1. The first-order valence-electron chi connectivity index (χ1n) is 5.93. The van der Waals surface area contributed by atoms with Gasteiger partial charge >= 0.3 is 0 Å². The van der Waals surface area contributed by atoms with Crippen LogP contribution < -0.4 is 5.73 Å². The summed E-state index contributed by atoms with van der Waals surface area (Å²) in [5.41, 5.74) is 6.32. The number of nitrogens with two attached hydrogens (primary N) is 1. The van der Waals surface area contributed by atoms with E-state index >= 15 is 0 Å². The highest BCUT2D eigenvalue weighted by molar-refractivity contribution is 6.67. The summed E-state index contributed by atoms with van der Waals surface area (Å²) in [6.45, 7) is 0.282. The summed E-state index contributed by atoms with van der Waals surface area (Å²) in [5.74, 6) is -0.452. The largest absolute Gasteiger partial charge is 0.387 e. The Hall–Kier alpha value is -1.75. The SMILES string of the molecule is NCC(O)c1ccccc1.O=C(Cl)c1cccc(F)c1. The van der Waals surface area contributed by atoms with Crippen LogP contribution >= 0.6 is 11.6 Å². The first-order valence-corrected chi connectivity index (χ1v) is 6.31. The van der Waals surface area contributed by atoms with E-state index in [1.165, 1.54) is 18.2 Å². The Morgan fingerprint density at radius 1 is 1.20 bits per heavy atom. The predicted octanol–water partition coefficient (Wildman–Crippen LogP) is 2.88. The summed E-state index contributed by atoms with van der Waals surface area (Å²) in [4.78, 5) is 10.4. The van der Waals surface area contributed by atoms with Gasteiger partial charge in [-0.1, -0.05) is 36.4 Å². The van der Waals surface area contributed by atoms with Crippen LogP contribution in [0.5, 0.6) is 0 Å². The maximum absolute atomic E-state index is 12.3. The molecular formula is C15H15ClFNO2. The normalized spacial score (nSPS) is 11.2. The van der Waals surface area contributed by atoms with Gasteiger partial charge in [0.15, 0.2) is 0 Å². The molecule has 0 spiro atoms. The minimum absolute atomic E-state index is 0.182. The summed E-state index contributed by atoms with van der Waals surface area (Å²) >= 11 is 5.07. The molecule has 1 unspecified atom stereocenters. The zero-order valence-corrected chi connectivity index (χ0v) is 11.4. The van der Waals surface area contributed by atoms with Gasteiger partial charge in [0.1, 0.15) is 5.82 Å².